The molecule has 3 rings (SSSR count). The van der Waals surface area contributed by atoms with Crippen LogP contribution in [0.2, 0.25) is 0 Å². The number of likely N-dealkylation sites (tertiary alicyclic amines) is 1. The first-order chi connectivity index (χ1) is 11.1. The van der Waals surface area contributed by atoms with Gasteiger partial charge in [-0.25, -0.2) is 4.98 Å². The standard InChI is InChI=1S/C17H20N4O2/c1-20-9-7-19-16(20)14-6-3-8-21(11-14)17(23)13-5-2-4-12(10-13)15(18)22/h2,4-5,7,9-10,14H,3,6,8,11H2,1H3,(H2,18,22)/t14-/m1/s1. The molecule has 120 valence electrons. The lowest BCUT2D eigenvalue weighted by atomic mass is 9.96. The van der Waals surface area contributed by atoms with Gasteiger partial charge in [0.25, 0.3) is 5.91 Å². The highest BCUT2D eigenvalue weighted by Crippen LogP contribution is 2.26. The molecule has 0 spiro atoms. The van der Waals surface area contributed by atoms with Crippen molar-refractivity contribution in [1.82, 2.24) is 14.5 Å². The molecule has 0 bridgehead atoms. The Bertz CT molecular complexity index is 738. The number of nitrogens with zero attached hydrogens (tertiary/aromatic N) is 3. The van der Waals surface area contributed by atoms with Crippen molar-refractivity contribution >= 4 is 11.8 Å². The number of amides is 2. The number of piperidine rings is 1. The molecule has 0 aliphatic carbocycles. The van der Waals surface area contributed by atoms with E-state index in [2.05, 4.69) is 4.98 Å². The minimum atomic E-state index is -0.524. The molecule has 1 aliphatic rings. The minimum Gasteiger partial charge on any atom is -0.366 e. The van der Waals surface area contributed by atoms with E-state index in [9.17, 15) is 9.59 Å². The van der Waals surface area contributed by atoms with Crippen molar-refractivity contribution in [2.24, 2.45) is 12.8 Å². The molecule has 6 heteroatoms. The van der Waals surface area contributed by atoms with Gasteiger partial charge in [0.2, 0.25) is 5.91 Å². The molecule has 0 radical (unpaired) electrons. The van der Waals surface area contributed by atoms with E-state index in [1.54, 1.807) is 30.5 Å². The molecule has 1 saturated heterocycles. The lowest BCUT2D eigenvalue weighted by Gasteiger charge is -2.32. The quantitative estimate of drug-likeness (QED) is 0.933. The van der Waals surface area contributed by atoms with Crippen LogP contribution in [0.5, 0.6) is 0 Å². The maximum absolute atomic E-state index is 12.7. The van der Waals surface area contributed by atoms with Crippen LogP contribution in [0.4, 0.5) is 0 Å². The summed E-state index contributed by atoms with van der Waals surface area (Å²) in [5.74, 6) is 0.664. The lowest BCUT2D eigenvalue weighted by Crippen LogP contribution is -2.39. The average Bonchev–Trinajstić information content (AvgIpc) is 3.00. The number of nitrogens with two attached hydrogens (primary N) is 1. The number of benzene rings is 1. The lowest BCUT2D eigenvalue weighted by molar-refractivity contribution is 0.0703. The zero-order valence-electron chi connectivity index (χ0n) is 13.1. The summed E-state index contributed by atoms with van der Waals surface area (Å²) in [6.07, 6.45) is 5.67. The number of imidazole rings is 1. The topological polar surface area (TPSA) is 81.2 Å². The third kappa shape index (κ3) is 3.11. The Kier molecular flexibility index (Phi) is 4.14. The van der Waals surface area contributed by atoms with Gasteiger partial charge in [0.05, 0.1) is 0 Å². The molecule has 2 aromatic rings. The number of carbonyl (C=O) groups is 2. The third-order valence-corrected chi connectivity index (χ3v) is 4.33. The number of carbonyl (C=O) groups excluding carboxylic acids is 2. The highest BCUT2D eigenvalue weighted by Gasteiger charge is 2.27. The molecule has 2 heterocycles. The second kappa shape index (κ2) is 6.24. The van der Waals surface area contributed by atoms with E-state index >= 15 is 0 Å². The van der Waals surface area contributed by atoms with Gasteiger partial charge in [-0.2, -0.15) is 0 Å². The summed E-state index contributed by atoms with van der Waals surface area (Å²) in [6, 6.07) is 6.59. The van der Waals surface area contributed by atoms with Gasteiger partial charge in [-0.3, -0.25) is 9.59 Å². The number of hydrogen-bond donors (Lipinski definition) is 1. The van der Waals surface area contributed by atoms with Crippen molar-refractivity contribution in [2.45, 2.75) is 18.8 Å². The smallest absolute Gasteiger partial charge is 0.253 e. The van der Waals surface area contributed by atoms with Crippen LogP contribution in [0.25, 0.3) is 0 Å². The molecule has 2 N–H and O–H groups in total. The molecule has 0 unspecified atom stereocenters. The van der Waals surface area contributed by atoms with Crippen LogP contribution in [0.3, 0.4) is 0 Å². The van der Waals surface area contributed by atoms with Gasteiger partial charge in [-0.15, -0.1) is 0 Å². The summed E-state index contributed by atoms with van der Waals surface area (Å²) in [5.41, 5.74) is 6.15. The fraction of sp³-hybridized carbons (Fsp3) is 0.353. The average molecular weight is 312 g/mol. The zero-order valence-corrected chi connectivity index (χ0v) is 13.1. The second-order valence-corrected chi connectivity index (χ2v) is 5.93. The molecule has 1 fully saturated rings. The predicted octanol–water partition coefficient (Wildman–Crippen LogP) is 1.54. The van der Waals surface area contributed by atoms with Crippen molar-refractivity contribution < 1.29 is 9.59 Å². The zero-order chi connectivity index (χ0) is 16.4. The van der Waals surface area contributed by atoms with Crippen molar-refractivity contribution in [3.8, 4) is 0 Å². The molecule has 1 aliphatic heterocycles. The Hall–Kier alpha value is -2.63. The summed E-state index contributed by atoms with van der Waals surface area (Å²) in [7, 11) is 1.97. The van der Waals surface area contributed by atoms with Gasteiger partial charge in [0.1, 0.15) is 5.82 Å². The molecule has 1 aromatic carbocycles. The Morgan fingerprint density at radius 1 is 1.30 bits per heavy atom. The summed E-state index contributed by atoms with van der Waals surface area (Å²) >= 11 is 0. The van der Waals surface area contributed by atoms with E-state index in [1.165, 1.54) is 0 Å². The number of aryl methyl sites for hydroxylation is 1. The molecule has 23 heavy (non-hydrogen) atoms. The van der Waals surface area contributed by atoms with Gasteiger partial charge in [0, 0.05) is 49.6 Å². The van der Waals surface area contributed by atoms with Crippen molar-refractivity contribution in [2.75, 3.05) is 13.1 Å². The van der Waals surface area contributed by atoms with Crippen molar-refractivity contribution in [1.29, 1.82) is 0 Å². The molecule has 1 aromatic heterocycles. The molecule has 6 nitrogen and oxygen atoms in total. The second-order valence-electron chi connectivity index (χ2n) is 5.93. The molecule has 2 amide bonds. The summed E-state index contributed by atoms with van der Waals surface area (Å²) < 4.78 is 2.01. The normalized spacial score (nSPS) is 18.0. The van der Waals surface area contributed by atoms with Gasteiger partial charge in [0.15, 0.2) is 0 Å². The first-order valence-electron chi connectivity index (χ1n) is 7.72. The van der Waals surface area contributed by atoms with E-state index in [-0.39, 0.29) is 11.8 Å². The first kappa shape index (κ1) is 15.3. The monoisotopic (exact) mass is 312 g/mol. The van der Waals surface area contributed by atoms with Crippen molar-refractivity contribution in [3.63, 3.8) is 0 Å². The summed E-state index contributed by atoms with van der Waals surface area (Å²) in [6.45, 7) is 1.37. The van der Waals surface area contributed by atoms with E-state index in [1.807, 2.05) is 22.7 Å². The van der Waals surface area contributed by atoms with Crippen LogP contribution < -0.4 is 5.73 Å². The Morgan fingerprint density at radius 3 is 2.78 bits per heavy atom. The Morgan fingerprint density at radius 2 is 2.09 bits per heavy atom. The van der Waals surface area contributed by atoms with Crippen LogP contribution in [-0.4, -0.2) is 39.4 Å². The highest BCUT2D eigenvalue weighted by atomic mass is 16.2. The largest absolute Gasteiger partial charge is 0.366 e. The van der Waals surface area contributed by atoms with E-state index < -0.39 is 5.91 Å². The maximum Gasteiger partial charge on any atom is 0.253 e. The molecule has 0 saturated carbocycles. The summed E-state index contributed by atoms with van der Waals surface area (Å²) in [4.78, 5) is 30.2. The number of primary amides is 1. The highest BCUT2D eigenvalue weighted by molar-refractivity contribution is 5.99. The maximum atomic E-state index is 12.7. The van der Waals surface area contributed by atoms with Crippen LogP contribution in [0.1, 0.15) is 45.3 Å². The van der Waals surface area contributed by atoms with Crippen LogP contribution in [0.15, 0.2) is 36.7 Å². The SMILES string of the molecule is Cn1ccnc1[C@@H]1CCCN(C(=O)c2cccc(C(N)=O)c2)C1. The third-order valence-electron chi connectivity index (χ3n) is 4.33. The van der Waals surface area contributed by atoms with Crippen molar-refractivity contribution in [3.05, 3.63) is 53.6 Å². The number of aromatic nitrogens is 2. The van der Waals surface area contributed by atoms with Crippen LogP contribution in [0, 0.1) is 0 Å². The molecular formula is C17H20N4O2. The number of rotatable bonds is 3. The molecular weight excluding hydrogens is 292 g/mol. The van der Waals surface area contributed by atoms with Gasteiger partial charge < -0.3 is 15.2 Å². The minimum absolute atomic E-state index is 0.0630. The van der Waals surface area contributed by atoms with Gasteiger partial charge in [-0.1, -0.05) is 6.07 Å². The van der Waals surface area contributed by atoms with E-state index in [0.717, 1.165) is 25.2 Å². The predicted molar refractivity (Wildman–Crippen MR) is 86.0 cm³/mol. The number of hydrogen-bond acceptors (Lipinski definition) is 3. The Labute approximate surface area is 134 Å². The fourth-order valence-electron chi connectivity index (χ4n) is 3.13. The van der Waals surface area contributed by atoms with Gasteiger partial charge in [-0.05, 0) is 31.0 Å². The first-order valence-corrected chi connectivity index (χ1v) is 7.72. The molecule has 1 atom stereocenters. The van der Waals surface area contributed by atoms with Gasteiger partial charge >= 0.3 is 0 Å². The fourth-order valence-corrected chi connectivity index (χ4v) is 3.13. The van der Waals surface area contributed by atoms with E-state index in [4.69, 9.17) is 5.73 Å². The van der Waals surface area contributed by atoms with Crippen LogP contribution in [-0.2, 0) is 7.05 Å². The Balaban J connectivity index is 1.78. The van der Waals surface area contributed by atoms with Crippen LogP contribution >= 0.6 is 0 Å². The van der Waals surface area contributed by atoms with E-state index in [0.29, 0.717) is 17.7 Å². The summed E-state index contributed by atoms with van der Waals surface area (Å²) in [5, 5.41) is 0.